The van der Waals surface area contributed by atoms with Gasteiger partial charge in [-0.1, -0.05) is 43.2 Å². The molecule has 1 fully saturated rings. The van der Waals surface area contributed by atoms with E-state index in [1.807, 2.05) is 30.3 Å². The summed E-state index contributed by atoms with van der Waals surface area (Å²) in [5.74, 6) is 0. The van der Waals surface area contributed by atoms with Gasteiger partial charge < -0.3 is 4.74 Å². The maximum Gasteiger partial charge on any atom is 0.0807 e. The van der Waals surface area contributed by atoms with E-state index in [2.05, 4.69) is 6.07 Å². The SMILES string of the molecule is N#CC1(COCc2ccccc2)CCCC1. The van der Waals surface area contributed by atoms with Crippen molar-refractivity contribution in [3.05, 3.63) is 35.9 Å². The smallest absolute Gasteiger partial charge is 0.0807 e. The molecule has 0 heterocycles. The molecule has 0 aromatic heterocycles. The number of nitriles is 1. The molecule has 1 aromatic rings. The van der Waals surface area contributed by atoms with Crippen LogP contribution in [0.4, 0.5) is 0 Å². The van der Waals surface area contributed by atoms with Gasteiger partial charge in [0.1, 0.15) is 0 Å². The van der Waals surface area contributed by atoms with Gasteiger partial charge in [-0.3, -0.25) is 0 Å². The lowest BCUT2D eigenvalue weighted by Crippen LogP contribution is -2.21. The van der Waals surface area contributed by atoms with E-state index in [0.717, 1.165) is 12.8 Å². The average molecular weight is 215 g/mol. The minimum atomic E-state index is -0.200. The van der Waals surface area contributed by atoms with E-state index in [9.17, 15) is 5.26 Å². The topological polar surface area (TPSA) is 33.0 Å². The van der Waals surface area contributed by atoms with Gasteiger partial charge in [0.2, 0.25) is 0 Å². The fourth-order valence-corrected chi connectivity index (χ4v) is 2.28. The second kappa shape index (κ2) is 5.14. The van der Waals surface area contributed by atoms with Crippen LogP contribution in [0.5, 0.6) is 0 Å². The van der Waals surface area contributed by atoms with Crippen LogP contribution >= 0.6 is 0 Å². The number of ether oxygens (including phenoxy) is 1. The molecule has 16 heavy (non-hydrogen) atoms. The molecule has 0 amide bonds. The van der Waals surface area contributed by atoms with Crippen molar-refractivity contribution < 1.29 is 4.74 Å². The fourth-order valence-electron chi connectivity index (χ4n) is 2.28. The Morgan fingerprint density at radius 2 is 1.88 bits per heavy atom. The molecule has 1 aliphatic carbocycles. The molecule has 84 valence electrons. The zero-order chi connectivity index (χ0) is 11.3. The fraction of sp³-hybridized carbons (Fsp3) is 0.500. The van der Waals surface area contributed by atoms with Gasteiger partial charge in [-0.2, -0.15) is 5.26 Å². The first-order chi connectivity index (χ1) is 7.85. The first-order valence-corrected chi connectivity index (χ1v) is 5.88. The third kappa shape index (κ3) is 2.62. The van der Waals surface area contributed by atoms with Crippen molar-refractivity contribution in [1.29, 1.82) is 5.26 Å². The Morgan fingerprint density at radius 3 is 2.50 bits per heavy atom. The number of nitrogens with zero attached hydrogens (tertiary/aromatic N) is 1. The minimum absolute atomic E-state index is 0.200. The van der Waals surface area contributed by atoms with Crippen molar-refractivity contribution in [3.8, 4) is 6.07 Å². The van der Waals surface area contributed by atoms with Crippen molar-refractivity contribution in [3.63, 3.8) is 0 Å². The van der Waals surface area contributed by atoms with Gasteiger partial charge in [-0.15, -0.1) is 0 Å². The molecule has 0 saturated heterocycles. The van der Waals surface area contributed by atoms with Crippen LogP contribution < -0.4 is 0 Å². The van der Waals surface area contributed by atoms with Crippen molar-refractivity contribution in [2.24, 2.45) is 5.41 Å². The lowest BCUT2D eigenvalue weighted by atomic mass is 9.89. The first-order valence-electron chi connectivity index (χ1n) is 5.88. The Morgan fingerprint density at radius 1 is 1.19 bits per heavy atom. The summed E-state index contributed by atoms with van der Waals surface area (Å²) in [6, 6.07) is 12.6. The summed E-state index contributed by atoms with van der Waals surface area (Å²) < 4.78 is 5.68. The summed E-state index contributed by atoms with van der Waals surface area (Å²) in [6.07, 6.45) is 4.33. The van der Waals surface area contributed by atoms with E-state index >= 15 is 0 Å². The third-order valence-corrected chi connectivity index (χ3v) is 3.29. The molecule has 1 aromatic carbocycles. The van der Waals surface area contributed by atoms with Crippen molar-refractivity contribution in [1.82, 2.24) is 0 Å². The van der Waals surface area contributed by atoms with Gasteiger partial charge in [0, 0.05) is 0 Å². The molecule has 0 atom stereocenters. The highest BCUT2D eigenvalue weighted by atomic mass is 16.5. The quantitative estimate of drug-likeness (QED) is 0.772. The molecule has 0 N–H and O–H groups in total. The highest BCUT2D eigenvalue weighted by Gasteiger charge is 2.34. The average Bonchev–Trinajstić information content (AvgIpc) is 2.80. The van der Waals surface area contributed by atoms with Crippen LogP contribution in [0.25, 0.3) is 0 Å². The lowest BCUT2D eigenvalue weighted by Gasteiger charge is -2.19. The minimum Gasteiger partial charge on any atom is -0.375 e. The van der Waals surface area contributed by atoms with Crippen molar-refractivity contribution in [2.75, 3.05) is 6.61 Å². The van der Waals surface area contributed by atoms with E-state index in [1.54, 1.807) is 0 Å². The summed E-state index contributed by atoms with van der Waals surface area (Å²) in [5, 5.41) is 9.18. The molecule has 0 radical (unpaired) electrons. The van der Waals surface area contributed by atoms with Crippen molar-refractivity contribution in [2.45, 2.75) is 32.3 Å². The number of hydrogen-bond donors (Lipinski definition) is 0. The molecule has 0 spiro atoms. The van der Waals surface area contributed by atoms with Crippen LogP contribution in [0, 0.1) is 16.7 Å². The Bertz CT molecular complexity index is 360. The zero-order valence-corrected chi connectivity index (χ0v) is 9.48. The van der Waals surface area contributed by atoms with Gasteiger partial charge in [0.05, 0.1) is 24.7 Å². The summed E-state index contributed by atoms with van der Waals surface area (Å²) >= 11 is 0. The van der Waals surface area contributed by atoms with Crippen LogP contribution in [0.1, 0.15) is 31.2 Å². The number of benzene rings is 1. The van der Waals surface area contributed by atoms with E-state index in [1.165, 1.54) is 18.4 Å². The number of rotatable bonds is 4. The van der Waals surface area contributed by atoms with Crippen LogP contribution in [-0.2, 0) is 11.3 Å². The zero-order valence-electron chi connectivity index (χ0n) is 9.48. The third-order valence-electron chi connectivity index (χ3n) is 3.29. The summed E-state index contributed by atoms with van der Waals surface area (Å²) in [4.78, 5) is 0. The van der Waals surface area contributed by atoms with Gasteiger partial charge in [0.15, 0.2) is 0 Å². The maximum atomic E-state index is 9.18. The Balaban J connectivity index is 1.82. The van der Waals surface area contributed by atoms with Crippen LogP contribution in [0.15, 0.2) is 30.3 Å². The lowest BCUT2D eigenvalue weighted by molar-refractivity contribution is 0.0626. The van der Waals surface area contributed by atoms with Gasteiger partial charge in [-0.05, 0) is 18.4 Å². The molecule has 0 unspecified atom stereocenters. The molecule has 1 aliphatic rings. The van der Waals surface area contributed by atoms with E-state index in [-0.39, 0.29) is 5.41 Å². The Labute approximate surface area is 96.9 Å². The predicted octanol–water partition coefficient (Wildman–Crippen LogP) is 3.29. The molecule has 2 nitrogen and oxygen atoms in total. The molecule has 0 bridgehead atoms. The van der Waals surface area contributed by atoms with Gasteiger partial charge >= 0.3 is 0 Å². The molecule has 1 saturated carbocycles. The summed E-state index contributed by atoms with van der Waals surface area (Å²) in [7, 11) is 0. The Kier molecular flexibility index (Phi) is 3.58. The second-order valence-electron chi connectivity index (χ2n) is 4.58. The monoisotopic (exact) mass is 215 g/mol. The second-order valence-corrected chi connectivity index (χ2v) is 4.58. The van der Waals surface area contributed by atoms with Crippen LogP contribution in [0.2, 0.25) is 0 Å². The van der Waals surface area contributed by atoms with Gasteiger partial charge in [-0.25, -0.2) is 0 Å². The number of hydrogen-bond acceptors (Lipinski definition) is 2. The summed E-state index contributed by atoms with van der Waals surface area (Å²) in [5.41, 5.74) is 0.975. The van der Waals surface area contributed by atoms with Gasteiger partial charge in [0.25, 0.3) is 0 Å². The standard InChI is InChI=1S/C14H17NO/c15-11-14(8-4-5-9-14)12-16-10-13-6-2-1-3-7-13/h1-3,6-7H,4-5,8-10,12H2. The first kappa shape index (κ1) is 11.2. The van der Waals surface area contributed by atoms with Crippen LogP contribution in [-0.4, -0.2) is 6.61 Å². The molecule has 2 heteroatoms. The highest BCUT2D eigenvalue weighted by Crippen LogP contribution is 2.37. The summed E-state index contributed by atoms with van der Waals surface area (Å²) in [6.45, 7) is 1.20. The van der Waals surface area contributed by atoms with E-state index in [4.69, 9.17) is 4.74 Å². The molecule has 2 rings (SSSR count). The van der Waals surface area contributed by atoms with E-state index in [0.29, 0.717) is 13.2 Å². The predicted molar refractivity (Wildman–Crippen MR) is 62.6 cm³/mol. The van der Waals surface area contributed by atoms with Crippen molar-refractivity contribution >= 4 is 0 Å². The maximum absolute atomic E-state index is 9.18. The molecule has 0 aliphatic heterocycles. The largest absolute Gasteiger partial charge is 0.375 e. The highest BCUT2D eigenvalue weighted by molar-refractivity contribution is 5.13. The molecular weight excluding hydrogens is 198 g/mol. The normalized spacial score (nSPS) is 18.2. The molecular formula is C14H17NO. The van der Waals surface area contributed by atoms with E-state index < -0.39 is 0 Å². The van der Waals surface area contributed by atoms with Crippen LogP contribution in [0.3, 0.4) is 0 Å². The Hall–Kier alpha value is -1.33.